The Labute approximate surface area is 222 Å². The van der Waals surface area contributed by atoms with Gasteiger partial charge in [0.1, 0.15) is 0 Å². The number of unbranched alkanes of at least 4 members (excludes halogenated alkanes) is 2. The number of allylic oxidation sites excluding steroid dienone is 2. The summed E-state index contributed by atoms with van der Waals surface area (Å²) >= 11 is 0. The molecule has 0 heterocycles. The van der Waals surface area contributed by atoms with Gasteiger partial charge >= 0.3 is 0 Å². The Bertz CT molecular complexity index is 999. The van der Waals surface area contributed by atoms with Crippen LogP contribution in [0, 0.1) is 0 Å². The Morgan fingerprint density at radius 1 is 0.649 bits per heavy atom. The molecule has 0 aliphatic heterocycles. The van der Waals surface area contributed by atoms with E-state index in [9.17, 15) is 4.79 Å². The van der Waals surface area contributed by atoms with Crippen LogP contribution in [0.2, 0.25) is 0 Å². The molecule has 0 saturated heterocycles. The fourth-order valence-electron chi connectivity index (χ4n) is 4.24. The summed E-state index contributed by atoms with van der Waals surface area (Å²) in [6.45, 7) is 10.7. The van der Waals surface area contributed by atoms with Crippen molar-refractivity contribution in [3.8, 4) is 23.0 Å². The fourth-order valence-corrected chi connectivity index (χ4v) is 4.24. The van der Waals surface area contributed by atoms with Crippen LogP contribution < -0.4 is 18.9 Å². The van der Waals surface area contributed by atoms with Crippen molar-refractivity contribution in [2.75, 3.05) is 26.4 Å². The van der Waals surface area contributed by atoms with Crippen LogP contribution in [0.1, 0.15) is 83.8 Å². The minimum Gasteiger partial charge on any atom is -0.490 e. The summed E-state index contributed by atoms with van der Waals surface area (Å²) < 4.78 is 23.4. The van der Waals surface area contributed by atoms with Crippen LogP contribution in [-0.2, 0) is 4.79 Å². The van der Waals surface area contributed by atoms with Gasteiger partial charge in [-0.2, -0.15) is 0 Å². The van der Waals surface area contributed by atoms with Crippen molar-refractivity contribution >= 4 is 17.9 Å². The van der Waals surface area contributed by atoms with E-state index < -0.39 is 0 Å². The number of benzene rings is 2. The van der Waals surface area contributed by atoms with Crippen LogP contribution in [0.25, 0.3) is 12.2 Å². The molecule has 3 rings (SSSR count). The largest absolute Gasteiger partial charge is 0.490 e. The van der Waals surface area contributed by atoms with Gasteiger partial charge in [0.05, 0.1) is 26.4 Å². The maximum atomic E-state index is 13.4. The number of hydrogen-bond donors (Lipinski definition) is 0. The van der Waals surface area contributed by atoms with E-state index in [0.29, 0.717) is 26.4 Å². The minimum atomic E-state index is 0.105. The molecule has 0 aromatic heterocycles. The number of carbonyl (C=O) groups excluding carboxylic acids is 1. The lowest BCUT2D eigenvalue weighted by Gasteiger charge is -2.18. The molecule has 5 nitrogen and oxygen atoms in total. The molecule has 0 N–H and O–H groups in total. The molecule has 1 aliphatic carbocycles. The van der Waals surface area contributed by atoms with E-state index in [1.807, 2.05) is 62.4 Å². The molecule has 0 bridgehead atoms. The average molecular weight is 507 g/mol. The third-order valence-corrected chi connectivity index (χ3v) is 6.20. The lowest BCUT2D eigenvalue weighted by molar-refractivity contribution is -0.112. The maximum Gasteiger partial charge on any atom is 0.185 e. The molecule has 1 aliphatic rings. The molecule has 200 valence electrons. The van der Waals surface area contributed by atoms with E-state index in [1.54, 1.807) is 0 Å². The molecular weight excluding hydrogens is 464 g/mol. The Morgan fingerprint density at radius 2 is 1.11 bits per heavy atom. The second-order valence-electron chi connectivity index (χ2n) is 9.20. The van der Waals surface area contributed by atoms with Crippen LogP contribution >= 0.6 is 0 Å². The van der Waals surface area contributed by atoms with Crippen molar-refractivity contribution < 1.29 is 23.7 Å². The third-order valence-electron chi connectivity index (χ3n) is 6.20. The number of rotatable bonds is 14. The number of hydrogen-bond acceptors (Lipinski definition) is 5. The highest BCUT2D eigenvalue weighted by Crippen LogP contribution is 2.34. The van der Waals surface area contributed by atoms with Crippen LogP contribution in [0.3, 0.4) is 0 Å². The lowest BCUT2D eigenvalue weighted by atomic mass is 9.87. The highest BCUT2D eigenvalue weighted by molar-refractivity contribution is 6.14. The van der Waals surface area contributed by atoms with Crippen molar-refractivity contribution in [1.82, 2.24) is 0 Å². The summed E-state index contributed by atoms with van der Waals surface area (Å²) in [5.74, 6) is 3.04. The molecular formula is C32H42O5. The highest BCUT2D eigenvalue weighted by atomic mass is 16.5. The predicted molar refractivity (Wildman–Crippen MR) is 151 cm³/mol. The summed E-state index contributed by atoms with van der Waals surface area (Å²) in [6.07, 6.45) is 10.6. The van der Waals surface area contributed by atoms with Gasteiger partial charge in [0.25, 0.3) is 0 Å². The zero-order chi connectivity index (χ0) is 26.5. The van der Waals surface area contributed by atoms with Gasteiger partial charge in [-0.05, 0) is 93.5 Å². The van der Waals surface area contributed by atoms with Crippen LogP contribution in [-0.4, -0.2) is 32.2 Å². The molecule has 1 fully saturated rings. The highest BCUT2D eigenvalue weighted by Gasteiger charge is 2.21. The SMILES string of the molecule is CCCCOc1ccc(/C=C2\CCC/C(=C\c3ccc(OCCCC)c(OCC)c3)C2=O)cc1OCC. The van der Waals surface area contributed by atoms with E-state index in [-0.39, 0.29) is 5.78 Å². The third kappa shape index (κ3) is 8.41. The van der Waals surface area contributed by atoms with Gasteiger partial charge in [0.15, 0.2) is 28.8 Å². The van der Waals surface area contributed by atoms with Crippen molar-refractivity contribution in [3.05, 3.63) is 58.7 Å². The van der Waals surface area contributed by atoms with Crippen LogP contribution in [0.4, 0.5) is 0 Å². The minimum absolute atomic E-state index is 0.105. The molecule has 0 radical (unpaired) electrons. The number of ether oxygens (including phenoxy) is 4. The summed E-state index contributed by atoms with van der Waals surface area (Å²) in [5.41, 5.74) is 3.54. The van der Waals surface area contributed by atoms with Crippen molar-refractivity contribution in [3.63, 3.8) is 0 Å². The normalized spacial score (nSPS) is 15.7. The lowest BCUT2D eigenvalue weighted by Crippen LogP contribution is -2.12. The van der Waals surface area contributed by atoms with E-state index in [4.69, 9.17) is 18.9 Å². The zero-order valence-electron chi connectivity index (χ0n) is 22.9. The first-order valence-corrected chi connectivity index (χ1v) is 13.8. The second-order valence-corrected chi connectivity index (χ2v) is 9.20. The molecule has 2 aromatic carbocycles. The smallest absolute Gasteiger partial charge is 0.185 e. The molecule has 0 amide bonds. The Kier molecular flexibility index (Phi) is 11.6. The van der Waals surface area contributed by atoms with Crippen molar-refractivity contribution in [2.45, 2.75) is 72.6 Å². The monoisotopic (exact) mass is 506 g/mol. The second kappa shape index (κ2) is 15.1. The van der Waals surface area contributed by atoms with Gasteiger partial charge in [0.2, 0.25) is 0 Å². The van der Waals surface area contributed by atoms with Crippen molar-refractivity contribution in [1.29, 1.82) is 0 Å². The molecule has 5 heteroatoms. The maximum absolute atomic E-state index is 13.4. The molecule has 37 heavy (non-hydrogen) atoms. The average Bonchev–Trinajstić information content (AvgIpc) is 2.89. The van der Waals surface area contributed by atoms with Gasteiger partial charge < -0.3 is 18.9 Å². The van der Waals surface area contributed by atoms with E-state index in [2.05, 4.69) is 13.8 Å². The summed E-state index contributed by atoms with van der Waals surface area (Å²) in [7, 11) is 0. The van der Waals surface area contributed by atoms with Gasteiger partial charge in [-0.25, -0.2) is 0 Å². The zero-order valence-corrected chi connectivity index (χ0v) is 22.9. The summed E-state index contributed by atoms with van der Waals surface area (Å²) in [5, 5.41) is 0. The van der Waals surface area contributed by atoms with Gasteiger partial charge in [-0.3, -0.25) is 4.79 Å². The predicted octanol–water partition coefficient (Wildman–Crippen LogP) is 8.06. The molecule has 0 spiro atoms. The Hall–Kier alpha value is -3.21. The van der Waals surface area contributed by atoms with Gasteiger partial charge in [-0.15, -0.1) is 0 Å². The van der Waals surface area contributed by atoms with Crippen LogP contribution in [0.5, 0.6) is 23.0 Å². The molecule has 2 aromatic rings. The molecule has 0 atom stereocenters. The van der Waals surface area contributed by atoms with Gasteiger partial charge in [-0.1, -0.05) is 38.8 Å². The number of carbonyl (C=O) groups is 1. The fraction of sp³-hybridized carbons (Fsp3) is 0.469. The van der Waals surface area contributed by atoms with E-state index in [0.717, 1.165) is 90.2 Å². The Balaban J connectivity index is 1.80. The first-order valence-electron chi connectivity index (χ1n) is 13.8. The van der Waals surface area contributed by atoms with Crippen molar-refractivity contribution in [2.24, 2.45) is 0 Å². The molecule has 0 unspecified atom stereocenters. The van der Waals surface area contributed by atoms with E-state index >= 15 is 0 Å². The number of Topliss-reactive ketones (excluding diaryl/α,β-unsaturated/α-hetero) is 1. The van der Waals surface area contributed by atoms with Gasteiger partial charge in [0, 0.05) is 11.1 Å². The quantitative estimate of drug-likeness (QED) is 0.192. The first kappa shape index (κ1) is 28.4. The van der Waals surface area contributed by atoms with Crippen LogP contribution in [0.15, 0.2) is 47.5 Å². The standard InChI is InChI=1S/C32H42O5/c1-5-9-18-36-28-16-14-24(22-30(28)34-7-3)20-26-12-11-13-27(32(26)33)21-25-15-17-29(37-19-10-6-2)31(23-25)35-8-4/h14-17,20-23H,5-13,18-19H2,1-4H3/b26-20+,27-21+. The summed E-state index contributed by atoms with van der Waals surface area (Å²) in [4.78, 5) is 13.4. The summed E-state index contributed by atoms with van der Waals surface area (Å²) in [6, 6.07) is 11.8. The number of ketones is 1. The molecule has 1 saturated carbocycles. The Morgan fingerprint density at radius 3 is 1.51 bits per heavy atom. The topological polar surface area (TPSA) is 54.0 Å². The van der Waals surface area contributed by atoms with E-state index in [1.165, 1.54) is 0 Å². The first-order chi connectivity index (χ1) is 18.1.